The summed E-state index contributed by atoms with van der Waals surface area (Å²) >= 11 is 1.39. The van der Waals surface area contributed by atoms with Crippen molar-refractivity contribution in [3.63, 3.8) is 0 Å². The number of rotatable bonds is 5. The Kier molecular flexibility index (Phi) is 5.49. The molecule has 1 amide bonds. The lowest BCUT2D eigenvalue weighted by Crippen LogP contribution is -2.17. The SMILES string of the molecule is C#CCn1c(=NC(=O)Cc2ccc(F)cc2)sc2cc(OCC)ccc21. The second-order valence-corrected chi connectivity index (χ2v) is 6.56. The van der Waals surface area contributed by atoms with Gasteiger partial charge in [-0.1, -0.05) is 29.4 Å². The van der Waals surface area contributed by atoms with Gasteiger partial charge in [-0.25, -0.2) is 4.39 Å². The molecule has 0 N–H and O–H groups in total. The van der Waals surface area contributed by atoms with Crippen LogP contribution in [0, 0.1) is 18.2 Å². The van der Waals surface area contributed by atoms with Gasteiger partial charge in [-0.2, -0.15) is 4.99 Å². The molecule has 0 saturated heterocycles. The van der Waals surface area contributed by atoms with E-state index in [2.05, 4.69) is 10.9 Å². The molecular formula is C20H17FN2O2S. The third-order valence-corrected chi connectivity index (χ3v) is 4.74. The number of hydrogen-bond donors (Lipinski definition) is 0. The number of nitrogens with zero attached hydrogens (tertiary/aromatic N) is 2. The Hall–Kier alpha value is -2.91. The maximum absolute atomic E-state index is 13.0. The van der Waals surface area contributed by atoms with Gasteiger partial charge in [-0.3, -0.25) is 4.79 Å². The minimum Gasteiger partial charge on any atom is -0.494 e. The second kappa shape index (κ2) is 7.98. The summed E-state index contributed by atoms with van der Waals surface area (Å²) in [4.78, 5) is 17.1. The van der Waals surface area contributed by atoms with Crippen LogP contribution in [0.4, 0.5) is 4.39 Å². The highest BCUT2D eigenvalue weighted by Crippen LogP contribution is 2.23. The van der Waals surface area contributed by atoms with E-state index in [1.54, 1.807) is 12.1 Å². The smallest absolute Gasteiger partial charge is 0.252 e. The van der Waals surface area contributed by atoms with Crippen LogP contribution in [0.1, 0.15) is 12.5 Å². The van der Waals surface area contributed by atoms with Gasteiger partial charge in [0.05, 0.1) is 29.8 Å². The normalized spacial score (nSPS) is 11.5. The number of carbonyl (C=O) groups excluding carboxylic acids is 1. The van der Waals surface area contributed by atoms with Gasteiger partial charge in [0, 0.05) is 0 Å². The first kappa shape index (κ1) is 17.9. The summed E-state index contributed by atoms with van der Waals surface area (Å²) in [6.07, 6.45) is 5.58. The van der Waals surface area contributed by atoms with Crippen LogP contribution >= 0.6 is 11.3 Å². The molecule has 0 radical (unpaired) electrons. The molecule has 0 unspecified atom stereocenters. The van der Waals surface area contributed by atoms with Crippen LogP contribution in [-0.2, 0) is 17.8 Å². The van der Waals surface area contributed by atoms with E-state index in [4.69, 9.17) is 11.2 Å². The number of terminal acetylenes is 1. The molecule has 0 spiro atoms. The highest BCUT2D eigenvalue weighted by atomic mass is 32.1. The van der Waals surface area contributed by atoms with E-state index < -0.39 is 0 Å². The predicted molar refractivity (Wildman–Crippen MR) is 100 cm³/mol. The zero-order chi connectivity index (χ0) is 18.5. The lowest BCUT2D eigenvalue weighted by atomic mass is 10.1. The van der Waals surface area contributed by atoms with Crippen molar-refractivity contribution in [3.05, 3.63) is 58.6 Å². The molecule has 0 aliphatic heterocycles. The summed E-state index contributed by atoms with van der Waals surface area (Å²) in [7, 11) is 0. The van der Waals surface area contributed by atoms with Crippen molar-refractivity contribution in [2.24, 2.45) is 4.99 Å². The molecule has 4 nitrogen and oxygen atoms in total. The van der Waals surface area contributed by atoms with Gasteiger partial charge in [-0.05, 0) is 42.8 Å². The topological polar surface area (TPSA) is 43.6 Å². The molecule has 2 aromatic carbocycles. The molecule has 26 heavy (non-hydrogen) atoms. The molecule has 1 aromatic heterocycles. The van der Waals surface area contributed by atoms with Crippen molar-refractivity contribution in [1.29, 1.82) is 0 Å². The van der Waals surface area contributed by atoms with Gasteiger partial charge in [-0.15, -0.1) is 6.42 Å². The Balaban J connectivity index is 1.97. The van der Waals surface area contributed by atoms with Crippen molar-refractivity contribution in [1.82, 2.24) is 4.57 Å². The fourth-order valence-corrected chi connectivity index (χ4v) is 3.64. The third-order valence-electron chi connectivity index (χ3n) is 3.70. The Morgan fingerprint density at radius 1 is 1.31 bits per heavy atom. The molecule has 0 bridgehead atoms. The third kappa shape index (κ3) is 4.01. The van der Waals surface area contributed by atoms with E-state index in [0.29, 0.717) is 23.5 Å². The first-order valence-corrected chi connectivity index (χ1v) is 8.94. The first-order valence-electron chi connectivity index (χ1n) is 8.12. The van der Waals surface area contributed by atoms with Gasteiger partial charge in [0.25, 0.3) is 5.91 Å². The van der Waals surface area contributed by atoms with Crippen molar-refractivity contribution in [3.8, 4) is 18.1 Å². The van der Waals surface area contributed by atoms with Crippen LogP contribution in [-0.4, -0.2) is 17.1 Å². The molecule has 3 aromatic rings. The van der Waals surface area contributed by atoms with Crippen LogP contribution in [0.25, 0.3) is 10.2 Å². The van der Waals surface area contributed by atoms with Crippen LogP contribution in [0.3, 0.4) is 0 Å². The number of hydrogen-bond acceptors (Lipinski definition) is 3. The molecule has 3 rings (SSSR count). The van der Waals surface area contributed by atoms with Crippen LogP contribution in [0.15, 0.2) is 47.5 Å². The number of aromatic nitrogens is 1. The predicted octanol–water partition coefficient (Wildman–Crippen LogP) is 3.54. The monoisotopic (exact) mass is 368 g/mol. The average Bonchev–Trinajstić information content (AvgIpc) is 2.94. The van der Waals surface area contributed by atoms with Gasteiger partial charge in [0.15, 0.2) is 4.80 Å². The fourth-order valence-electron chi connectivity index (χ4n) is 2.56. The largest absolute Gasteiger partial charge is 0.494 e. The van der Waals surface area contributed by atoms with Gasteiger partial charge in [0.2, 0.25) is 0 Å². The highest BCUT2D eigenvalue weighted by molar-refractivity contribution is 7.16. The molecule has 0 saturated carbocycles. The van der Waals surface area contributed by atoms with E-state index in [1.165, 1.54) is 23.5 Å². The van der Waals surface area contributed by atoms with Crippen molar-refractivity contribution >= 4 is 27.5 Å². The molecule has 0 aliphatic rings. The minimum atomic E-state index is -0.334. The Bertz CT molecular complexity index is 1040. The number of benzene rings is 2. The first-order chi connectivity index (χ1) is 12.6. The van der Waals surface area contributed by atoms with E-state index >= 15 is 0 Å². The van der Waals surface area contributed by atoms with Crippen LogP contribution in [0.2, 0.25) is 0 Å². The zero-order valence-corrected chi connectivity index (χ0v) is 15.1. The quantitative estimate of drug-likeness (QED) is 0.647. The zero-order valence-electron chi connectivity index (χ0n) is 14.2. The fraction of sp³-hybridized carbons (Fsp3) is 0.200. The maximum atomic E-state index is 13.0. The maximum Gasteiger partial charge on any atom is 0.252 e. The number of carbonyl (C=O) groups is 1. The summed E-state index contributed by atoms with van der Waals surface area (Å²) in [6, 6.07) is 11.5. The van der Waals surface area contributed by atoms with E-state index in [1.807, 2.05) is 29.7 Å². The molecule has 0 fully saturated rings. The lowest BCUT2D eigenvalue weighted by molar-refractivity contribution is -0.117. The standard InChI is InChI=1S/C20H17FN2O2S/c1-3-11-23-17-10-9-16(25-4-2)13-18(17)26-20(23)22-19(24)12-14-5-7-15(21)8-6-14/h1,5-10,13H,4,11-12H2,2H3. The van der Waals surface area contributed by atoms with Crippen molar-refractivity contribution in [2.75, 3.05) is 6.61 Å². The Labute approximate surface area is 154 Å². The highest BCUT2D eigenvalue weighted by Gasteiger charge is 2.09. The lowest BCUT2D eigenvalue weighted by Gasteiger charge is -2.03. The van der Waals surface area contributed by atoms with Gasteiger partial charge >= 0.3 is 0 Å². The number of halogens is 1. The van der Waals surface area contributed by atoms with E-state index in [9.17, 15) is 9.18 Å². The number of thiazole rings is 1. The Morgan fingerprint density at radius 3 is 2.77 bits per heavy atom. The van der Waals surface area contributed by atoms with E-state index in [0.717, 1.165) is 16.0 Å². The van der Waals surface area contributed by atoms with Crippen LogP contribution in [0.5, 0.6) is 5.75 Å². The second-order valence-electron chi connectivity index (χ2n) is 5.55. The summed E-state index contributed by atoms with van der Waals surface area (Å²) < 4.78 is 21.3. The Morgan fingerprint density at radius 2 is 2.08 bits per heavy atom. The molecule has 1 heterocycles. The van der Waals surface area contributed by atoms with Crippen molar-refractivity contribution < 1.29 is 13.9 Å². The average molecular weight is 368 g/mol. The molecule has 0 aliphatic carbocycles. The van der Waals surface area contributed by atoms with Crippen LogP contribution < -0.4 is 9.54 Å². The van der Waals surface area contributed by atoms with Crippen molar-refractivity contribution in [2.45, 2.75) is 19.9 Å². The molecular weight excluding hydrogens is 351 g/mol. The number of ether oxygens (including phenoxy) is 1. The summed E-state index contributed by atoms with van der Waals surface area (Å²) in [5, 5.41) is 0. The summed E-state index contributed by atoms with van der Waals surface area (Å²) in [5.41, 5.74) is 1.62. The number of fused-ring (bicyclic) bond motifs is 1. The molecule has 132 valence electrons. The van der Waals surface area contributed by atoms with Gasteiger partial charge in [0.1, 0.15) is 11.6 Å². The number of amides is 1. The summed E-state index contributed by atoms with van der Waals surface area (Å²) in [6.45, 7) is 2.82. The van der Waals surface area contributed by atoms with Gasteiger partial charge < -0.3 is 9.30 Å². The van der Waals surface area contributed by atoms with E-state index in [-0.39, 0.29) is 18.1 Å². The summed E-state index contributed by atoms with van der Waals surface area (Å²) in [5.74, 6) is 2.72. The molecule has 0 atom stereocenters. The minimum absolute atomic E-state index is 0.106. The molecule has 6 heteroatoms.